The first kappa shape index (κ1) is 24.4. The lowest BCUT2D eigenvalue weighted by atomic mass is 10.0. The van der Waals surface area contributed by atoms with Gasteiger partial charge in [0.05, 0.1) is 19.1 Å². The molecule has 2 N–H and O–H groups in total. The third kappa shape index (κ3) is 8.41. The first-order valence-electron chi connectivity index (χ1n) is 10.1. The minimum Gasteiger partial charge on any atom is -0.362 e. The lowest BCUT2D eigenvalue weighted by Gasteiger charge is -2.26. The van der Waals surface area contributed by atoms with E-state index in [0.717, 1.165) is 37.2 Å². The van der Waals surface area contributed by atoms with Crippen molar-refractivity contribution in [2.45, 2.75) is 32.0 Å². The van der Waals surface area contributed by atoms with Gasteiger partial charge in [-0.25, -0.2) is 0 Å². The minimum atomic E-state index is -4.06. The number of fused-ring (bicyclic) bond motifs is 1. The molecule has 1 aliphatic carbocycles. The Kier molecular flexibility index (Phi) is 9.05. The number of aliphatic imine (C=N–C) groups is 1. The molecule has 1 unspecified atom stereocenters. The molecule has 8 heteroatoms. The zero-order valence-corrected chi connectivity index (χ0v) is 17.8. The summed E-state index contributed by atoms with van der Waals surface area (Å²) in [6.07, 6.45) is 7.33. The molecular formula is C23H29F3N4O. The zero-order valence-electron chi connectivity index (χ0n) is 17.8. The fourth-order valence-corrected chi connectivity index (χ4v) is 2.91. The van der Waals surface area contributed by atoms with Crippen LogP contribution in [0.4, 0.5) is 18.9 Å². The maximum absolute atomic E-state index is 11.0. The smallest absolute Gasteiger partial charge is 0.362 e. The van der Waals surface area contributed by atoms with Crippen molar-refractivity contribution in [3.8, 4) is 0 Å². The molecule has 0 spiro atoms. The number of nitrogens with one attached hydrogen (secondary N) is 2. The Labute approximate surface area is 181 Å². The largest absolute Gasteiger partial charge is 0.401 e. The van der Waals surface area contributed by atoms with E-state index in [1.807, 2.05) is 11.4 Å². The number of allylic oxidation sites excluding steroid dienone is 2. The topological polar surface area (TPSA) is 56.7 Å². The lowest BCUT2D eigenvalue weighted by molar-refractivity contribution is -0.123. The van der Waals surface area contributed by atoms with Crippen molar-refractivity contribution in [2.24, 2.45) is 10.9 Å². The molecule has 0 radical (unpaired) electrons. The summed E-state index contributed by atoms with van der Waals surface area (Å²) >= 11 is 0. The van der Waals surface area contributed by atoms with E-state index in [1.165, 1.54) is 18.2 Å². The van der Waals surface area contributed by atoms with Gasteiger partial charge in [0.15, 0.2) is 0 Å². The summed E-state index contributed by atoms with van der Waals surface area (Å²) in [6.45, 7) is 5.69. The van der Waals surface area contributed by atoms with Crippen LogP contribution in [-0.4, -0.2) is 43.3 Å². The van der Waals surface area contributed by atoms with Crippen LogP contribution in [0, 0.1) is 5.92 Å². The molecule has 4 rings (SSSR count). The summed E-state index contributed by atoms with van der Waals surface area (Å²) in [7, 11) is 1.26. The predicted octanol–water partition coefficient (Wildman–Crippen LogP) is 4.83. The Morgan fingerprint density at radius 2 is 2.06 bits per heavy atom. The monoisotopic (exact) mass is 434 g/mol. The fraction of sp³-hybridized carbons (Fsp3) is 0.391. The maximum atomic E-state index is 11.0. The maximum Gasteiger partial charge on any atom is 0.401 e. The highest BCUT2D eigenvalue weighted by atomic mass is 19.4. The number of amidine groups is 1. The van der Waals surface area contributed by atoms with E-state index >= 15 is 0 Å². The molecule has 1 fully saturated rings. The Balaban J connectivity index is 0.000000234. The molecule has 1 saturated carbocycles. The lowest BCUT2D eigenvalue weighted by Crippen LogP contribution is -2.26. The number of carbonyl (C=O) groups is 1. The van der Waals surface area contributed by atoms with Gasteiger partial charge in [-0.3, -0.25) is 4.99 Å². The van der Waals surface area contributed by atoms with Crippen LogP contribution in [0.25, 0.3) is 0 Å². The fourth-order valence-electron chi connectivity index (χ4n) is 2.91. The van der Waals surface area contributed by atoms with Gasteiger partial charge in [-0.2, -0.15) is 13.2 Å². The van der Waals surface area contributed by atoms with Gasteiger partial charge in [0.25, 0.3) is 0 Å². The Morgan fingerprint density at radius 1 is 1.32 bits per heavy atom. The molecule has 0 saturated heterocycles. The molecule has 2 aliphatic heterocycles. The number of halogens is 3. The molecule has 0 aromatic heterocycles. The highest BCUT2D eigenvalue weighted by Crippen LogP contribution is 2.31. The van der Waals surface area contributed by atoms with Crippen molar-refractivity contribution in [1.29, 1.82) is 0 Å². The number of hydrogen-bond acceptors (Lipinski definition) is 5. The predicted molar refractivity (Wildman–Crippen MR) is 119 cm³/mol. The zero-order chi connectivity index (χ0) is 22.9. The molecule has 0 amide bonds. The van der Waals surface area contributed by atoms with E-state index in [4.69, 9.17) is 0 Å². The summed E-state index contributed by atoms with van der Waals surface area (Å²) < 4.78 is 33.0. The second-order valence-corrected chi connectivity index (χ2v) is 7.42. The van der Waals surface area contributed by atoms with Crippen LogP contribution < -0.4 is 10.6 Å². The molecule has 1 aromatic rings. The average molecular weight is 435 g/mol. The Bertz CT molecular complexity index is 841. The average Bonchev–Trinajstić information content (AvgIpc) is 3.47. The molecule has 5 nitrogen and oxygen atoms in total. The summed E-state index contributed by atoms with van der Waals surface area (Å²) in [6, 6.07) is 8.70. The van der Waals surface area contributed by atoms with Crippen molar-refractivity contribution in [3.63, 3.8) is 0 Å². The van der Waals surface area contributed by atoms with Crippen molar-refractivity contribution in [2.75, 3.05) is 25.5 Å². The van der Waals surface area contributed by atoms with Crippen molar-refractivity contribution >= 4 is 17.8 Å². The van der Waals surface area contributed by atoms with Crippen LogP contribution in [0.15, 0.2) is 66.0 Å². The number of carbonyl (C=O) groups excluding carboxylic acids is 1. The van der Waals surface area contributed by atoms with Crippen molar-refractivity contribution in [1.82, 2.24) is 10.2 Å². The number of benzene rings is 1. The van der Waals surface area contributed by atoms with Gasteiger partial charge in [0.1, 0.15) is 12.1 Å². The van der Waals surface area contributed by atoms with Crippen LogP contribution in [-0.2, 0) is 4.79 Å². The molecule has 1 aromatic carbocycles. The van der Waals surface area contributed by atoms with Gasteiger partial charge < -0.3 is 20.3 Å². The normalized spacial score (nSPS) is 19.0. The van der Waals surface area contributed by atoms with Gasteiger partial charge in [-0.1, -0.05) is 18.7 Å². The standard InChI is InChI=1S/C16H17N3.C4H6O.C3H6F3N/c1-3-17-14-6-4-5-13(10-14)15-11-18-16-9-12(2)7-8-19(15)16;5-3-4-1-2-4;1-7-2-3(4,5)6/h3-10,15,17H,1,11H2,2H3;3-4H,1-2H2;7H,2H2,1H3. The van der Waals surface area contributed by atoms with Crippen LogP contribution in [0.3, 0.4) is 0 Å². The van der Waals surface area contributed by atoms with Gasteiger partial charge >= 0.3 is 6.18 Å². The van der Waals surface area contributed by atoms with Crippen molar-refractivity contribution in [3.05, 3.63) is 66.5 Å². The number of alkyl halides is 3. The summed E-state index contributed by atoms with van der Waals surface area (Å²) in [5.74, 6) is 1.52. The number of aldehydes is 1. The van der Waals surface area contributed by atoms with Crippen LogP contribution in [0.2, 0.25) is 0 Å². The number of anilines is 1. The SMILES string of the molecule is C=CNc1cccc(C2CN=C3C=C(C)C=CN32)c1.CNCC(F)(F)F.O=CC1CC1. The second kappa shape index (κ2) is 11.5. The molecule has 31 heavy (non-hydrogen) atoms. The minimum absolute atomic E-state index is 0.294. The summed E-state index contributed by atoms with van der Waals surface area (Å²) in [5.41, 5.74) is 3.58. The molecule has 168 valence electrons. The third-order valence-electron chi connectivity index (χ3n) is 4.61. The van der Waals surface area contributed by atoms with Gasteiger partial charge in [0, 0.05) is 17.8 Å². The van der Waals surface area contributed by atoms with E-state index in [1.54, 1.807) is 6.20 Å². The third-order valence-corrected chi connectivity index (χ3v) is 4.61. The molecule has 1 atom stereocenters. The van der Waals surface area contributed by atoms with Crippen molar-refractivity contribution < 1.29 is 18.0 Å². The number of rotatable bonds is 5. The van der Waals surface area contributed by atoms with E-state index < -0.39 is 12.7 Å². The number of hydrogen-bond donors (Lipinski definition) is 2. The molecule has 0 bridgehead atoms. The van der Waals surface area contributed by atoms with Crippen LogP contribution in [0.5, 0.6) is 0 Å². The van der Waals surface area contributed by atoms with Crippen LogP contribution >= 0.6 is 0 Å². The summed E-state index contributed by atoms with van der Waals surface area (Å²) in [4.78, 5) is 16.4. The van der Waals surface area contributed by atoms with Crippen LogP contribution in [0.1, 0.15) is 31.4 Å². The van der Waals surface area contributed by atoms with E-state index in [9.17, 15) is 18.0 Å². The number of nitrogens with zero attached hydrogens (tertiary/aromatic N) is 2. The summed E-state index contributed by atoms with van der Waals surface area (Å²) in [5, 5.41) is 5.11. The van der Waals surface area contributed by atoms with Gasteiger partial charge in [-0.05, 0) is 68.4 Å². The van der Waals surface area contributed by atoms with E-state index in [-0.39, 0.29) is 0 Å². The second-order valence-electron chi connectivity index (χ2n) is 7.42. The first-order valence-corrected chi connectivity index (χ1v) is 10.1. The van der Waals surface area contributed by atoms with Gasteiger partial charge in [-0.15, -0.1) is 0 Å². The quantitative estimate of drug-likeness (QED) is 0.652. The van der Waals surface area contributed by atoms with E-state index in [0.29, 0.717) is 12.0 Å². The Hall–Kier alpha value is -2.87. The Morgan fingerprint density at radius 3 is 2.58 bits per heavy atom. The first-order chi connectivity index (χ1) is 14.8. The van der Waals surface area contributed by atoms with E-state index in [2.05, 4.69) is 65.3 Å². The molecule has 2 heterocycles. The molecular weight excluding hydrogens is 405 g/mol. The van der Waals surface area contributed by atoms with Gasteiger partial charge in [0.2, 0.25) is 0 Å². The molecule has 3 aliphatic rings. The highest BCUT2D eigenvalue weighted by molar-refractivity contribution is 5.97. The highest BCUT2D eigenvalue weighted by Gasteiger charge is 2.27.